The number of morpholine rings is 1. The van der Waals surface area contributed by atoms with E-state index in [1.165, 1.54) is 0 Å². The topological polar surface area (TPSA) is 76.3 Å². The second-order valence-electron chi connectivity index (χ2n) is 4.55. The van der Waals surface area contributed by atoms with E-state index in [1.54, 1.807) is 0 Å². The number of nitrogens with one attached hydrogen (secondary N) is 1. The number of aromatic nitrogens is 2. The lowest BCUT2D eigenvalue weighted by Crippen LogP contribution is -2.44. The Hall–Kier alpha value is -1.40. The van der Waals surface area contributed by atoms with Crippen molar-refractivity contribution in [1.82, 2.24) is 9.97 Å². The van der Waals surface area contributed by atoms with Gasteiger partial charge in [-0.3, -0.25) is 0 Å². The Labute approximate surface area is 108 Å². The highest BCUT2D eigenvalue weighted by Gasteiger charge is 2.23. The van der Waals surface area contributed by atoms with Crippen molar-refractivity contribution in [3.63, 3.8) is 0 Å². The average molecular weight is 251 g/mol. The molecule has 0 spiro atoms. The second kappa shape index (κ2) is 5.49. The minimum absolute atomic E-state index is 0.322. The van der Waals surface area contributed by atoms with E-state index in [2.05, 4.69) is 27.2 Å². The zero-order valence-electron chi connectivity index (χ0n) is 11.2. The van der Waals surface area contributed by atoms with E-state index in [1.807, 2.05) is 13.8 Å². The summed E-state index contributed by atoms with van der Waals surface area (Å²) in [4.78, 5) is 11.3. The zero-order valence-corrected chi connectivity index (χ0v) is 11.2. The highest BCUT2D eigenvalue weighted by atomic mass is 16.5. The first-order valence-electron chi connectivity index (χ1n) is 6.35. The molecule has 18 heavy (non-hydrogen) atoms. The fourth-order valence-electron chi connectivity index (χ4n) is 2.17. The van der Waals surface area contributed by atoms with Gasteiger partial charge in [-0.1, -0.05) is 6.92 Å². The molecule has 0 aliphatic carbocycles. The van der Waals surface area contributed by atoms with E-state index in [9.17, 15) is 0 Å². The van der Waals surface area contributed by atoms with Crippen LogP contribution in [-0.2, 0) is 11.2 Å². The highest BCUT2D eigenvalue weighted by molar-refractivity contribution is 5.58. The number of nitrogens with zero attached hydrogens (tertiary/aromatic N) is 3. The summed E-state index contributed by atoms with van der Waals surface area (Å²) in [6.45, 7) is 8.49. The molecule has 3 N–H and O–H groups in total. The lowest BCUT2D eigenvalue weighted by atomic mass is 10.2. The third-order valence-corrected chi connectivity index (χ3v) is 3.26. The third kappa shape index (κ3) is 2.39. The molecule has 1 aliphatic rings. The fourth-order valence-corrected chi connectivity index (χ4v) is 2.17. The SMILES string of the molecule is CCc1nc(NN)c(C)c(N2CCOCC2C)n1. The lowest BCUT2D eigenvalue weighted by Gasteiger charge is -2.35. The molecule has 1 saturated heterocycles. The highest BCUT2D eigenvalue weighted by Crippen LogP contribution is 2.26. The summed E-state index contributed by atoms with van der Waals surface area (Å²) in [5.74, 6) is 8.00. The van der Waals surface area contributed by atoms with Crippen molar-refractivity contribution in [2.24, 2.45) is 5.84 Å². The van der Waals surface area contributed by atoms with Gasteiger partial charge in [0.1, 0.15) is 17.5 Å². The van der Waals surface area contributed by atoms with E-state index in [4.69, 9.17) is 10.6 Å². The Balaban J connectivity index is 2.41. The van der Waals surface area contributed by atoms with E-state index >= 15 is 0 Å². The summed E-state index contributed by atoms with van der Waals surface area (Å²) in [7, 11) is 0. The van der Waals surface area contributed by atoms with Gasteiger partial charge in [-0.2, -0.15) is 0 Å². The number of hydrazine groups is 1. The maximum Gasteiger partial charge on any atom is 0.148 e. The predicted molar refractivity (Wildman–Crippen MR) is 71.6 cm³/mol. The number of nitrogen functional groups attached to an aromatic ring is 1. The van der Waals surface area contributed by atoms with Gasteiger partial charge in [0.25, 0.3) is 0 Å². The van der Waals surface area contributed by atoms with Gasteiger partial charge in [0.15, 0.2) is 0 Å². The molecule has 0 amide bonds. The van der Waals surface area contributed by atoms with Gasteiger partial charge in [0.05, 0.1) is 19.3 Å². The van der Waals surface area contributed by atoms with Crippen LogP contribution >= 0.6 is 0 Å². The summed E-state index contributed by atoms with van der Waals surface area (Å²) in [6.07, 6.45) is 0.792. The smallest absolute Gasteiger partial charge is 0.148 e. The van der Waals surface area contributed by atoms with Crippen molar-refractivity contribution in [2.45, 2.75) is 33.2 Å². The third-order valence-electron chi connectivity index (χ3n) is 3.26. The van der Waals surface area contributed by atoms with Crippen LogP contribution in [0.3, 0.4) is 0 Å². The first kappa shape index (κ1) is 13.0. The predicted octanol–water partition coefficient (Wildman–Crippen LogP) is 0.858. The summed E-state index contributed by atoms with van der Waals surface area (Å²) < 4.78 is 5.46. The Bertz CT molecular complexity index is 423. The van der Waals surface area contributed by atoms with Crippen LogP contribution in [0.15, 0.2) is 0 Å². The molecule has 1 aliphatic heterocycles. The molecule has 1 atom stereocenters. The minimum Gasteiger partial charge on any atom is -0.377 e. The van der Waals surface area contributed by atoms with Gasteiger partial charge < -0.3 is 15.1 Å². The lowest BCUT2D eigenvalue weighted by molar-refractivity contribution is 0.0984. The van der Waals surface area contributed by atoms with Crippen LogP contribution < -0.4 is 16.2 Å². The quantitative estimate of drug-likeness (QED) is 0.613. The molecule has 1 aromatic rings. The number of nitrogens with two attached hydrogens (primary N) is 1. The Kier molecular flexibility index (Phi) is 3.98. The average Bonchev–Trinajstić information content (AvgIpc) is 2.40. The van der Waals surface area contributed by atoms with Crippen molar-refractivity contribution in [2.75, 3.05) is 30.1 Å². The largest absolute Gasteiger partial charge is 0.377 e. The Morgan fingerprint density at radius 3 is 2.89 bits per heavy atom. The van der Waals surface area contributed by atoms with Gasteiger partial charge >= 0.3 is 0 Å². The Morgan fingerprint density at radius 2 is 2.28 bits per heavy atom. The first-order valence-corrected chi connectivity index (χ1v) is 6.35. The number of anilines is 2. The van der Waals surface area contributed by atoms with Crippen LogP contribution in [0.4, 0.5) is 11.6 Å². The van der Waals surface area contributed by atoms with Gasteiger partial charge in [-0.05, 0) is 13.8 Å². The van der Waals surface area contributed by atoms with Gasteiger partial charge in [0.2, 0.25) is 0 Å². The van der Waals surface area contributed by atoms with Gasteiger partial charge in [0, 0.05) is 18.5 Å². The molecule has 2 rings (SSSR count). The molecule has 1 unspecified atom stereocenters. The van der Waals surface area contributed by atoms with Crippen molar-refractivity contribution in [1.29, 1.82) is 0 Å². The normalized spacial score (nSPS) is 20.0. The fraction of sp³-hybridized carbons (Fsp3) is 0.667. The first-order chi connectivity index (χ1) is 8.67. The summed E-state index contributed by atoms with van der Waals surface area (Å²) in [6, 6.07) is 0.322. The maximum atomic E-state index is 5.52. The van der Waals surface area contributed by atoms with Crippen LogP contribution in [0.5, 0.6) is 0 Å². The summed E-state index contributed by atoms with van der Waals surface area (Å²) in [5.41, 5.74) is 3.64. The molecule has 0 aromatic carbocycles. The monoisotopic (exact) mass is 251 g/mol. The van der Waals surface area contributed by atoms with Crippen LogP contribution in [0.1, 0.15) is 25.2 Å². The van der Waals surface area contributed by atoms with E-state index in [0.717, 1.165) is 43.4 Å². The molecular weight excluding hydrogens is 230 g/mol. The van der Waals surface area contributed by atoms with Gasteiger partial charge in [-0.25, -0.2) is 15.8 Å². The molecule has 100 valence electrons. The number of hydrogen-bond acceptors (Lipinski definition) is 6. The van der Waals surface area contributed by atoms with Crippen LogP contribution in [-0.4, -0.2) is 35.8 Å². The van der Waals surface area contributed by atoms with Crippen molar-refractivity contribution in [3.8, 4) is 0 Å². The molecule has 1 aromatic heterocycles. The summed E-state index contributed by atoms with van der Waals surface area (Å²) >= 11 is 0. The molecule has 2 heterocycles. The number of ether oxygens (including phenoxy) is 1. The van der Waals surface area contributed by atoms with Crippen LogP contribution in [0.25, 0.3) is 0 Å². The number of aryl methyl sites for hydroxylation is 1. The number of rotatable bonds is 3. The molecule has 0 radical (unpaired) electrons. The van der Waals surface area contributed by atoms with Crippen molar-refractivity contribution < 1.29 is 4.74 Å². The molecular formula is C12H21N5O. The van der Waals surface area contributed by atoms with Crippen LogP contribution in [0, 0.1) is 6.92 Å². The standard InChI is InChI=1S/C12H21N5O/c1-4-10-14-11(16-13)9(3)12(15-10)17-5-6-18-7-8(17)2/h8H,4-7,13H2,1-3H3,(H,14,15,16). The van der Waals surface area contributed by atoms with Crippen molar-refractivity contribution in [3.05, 3.63) is 11.4 Å². The Morgan fingerprint density at radius 1 is 1.50 bits per heavy atom. The van der Waals surface area contributed by atoms with Crippen molar-refractivity contribution >= 4 is 11.6 Å². The molecule has 0 saturated carbocycles. The van der Waals surface area contributed by atoms with E-state index in [-0.39, 0.29) is 0 Å². The number of hydrogen-bond donors (Lipinski definition) is 2. The summed E-state index contributed by atoms with van der Waals surface area (Å²) in [5, 5.41) is 0. The molecule has 1 fully saturated rings. The molecule has 0 bridgehead atoms. The second-order valence-corrected chi connectivity index (χ2v) is 4.55. The molecule has 6 nitrogen and oxygen atoms in total. The minimum atomic E-state index is 0.322. The molecule has 6 heteroatoms. The maximum absolute atomic E-state index is 5.52. The van der Waals surface area contributed by atoms with Crippen LogP contribution in [0.2, 0.25) is 0 Å². The zero-order chi connectivity index (χ0) is 13.1. The van der Waals surface area contributed by atoms with E-state index in [0.29, 0.717) is 11.9 Å². The van der Waals surface area contributed by atoms with Gasteiger partial charge in [-0.15, -0.1) is 0 Å². The van der Waals surface area contributed by atoms with E-state index < -0.39 is 0 Å².